The maximum absolute atomic E-state index is 13.2. The number of aryl methyl sites for hydroxylation is 1. The monoisotopic (exact) mass is 386 g/mol. The van der Waals surface area contributed by atoms with Crippen LogP contribution < -0.4 is 0 Å². The molecule has 0 aliphatic carbocycles. The van der Waals surface area contributed by atoms with Gasteiger partial charge in [0.15, 0.2) is 0 Å². The topological polar surface area (TPSA) is 20.2 Å². The molecule has 0 heterocycles. The second-order valence-electron chi connectivity index (χ2n) is 4.46. The van der Waals surface area contributed by atoms with Crippen molar-refractivity contribution in [2.75, 3.05) is 0 Å². The van der Waals surface area contributed by atoms with Gasteiger partial charge in [-0.3, -0.25) is 0 Å². The maximum Gasteiger partial charge on any atom is 0.123 e. The lowest BCUT2D eigenvalue weighted by Crippen LogP contribution is -2.04. The van der Waals surface area contributed by atoms with E-state index < -0.39 is 6.10 Å². The van der Waals surface area contributed by atoms with Crippen molar-refractivity contribution in [1.82, 2.24) is 0 Å². The van der Waals surface area contributed by atoms with Gasteiger partial charge in [-0.2, -0.15) is 0 Å². The van der Waals surface area contributed by atoms with Crippen LogP contribution in [0.25, 0.3) is 0 Å². The molecule has 0 aliphatic rings. The Labute approximate surface area is 128 Å². The van der Waals surface area contributed by atoms with E-state index in [1.165, 1.54) is 12.1 Å². The highest BCUT2D eigenvalue weighted by Crippen LogP contribution is 2.29. The van der Waals surface area contributed by atoms with Crippen molar-refractivity contribution >= 4 is 31.9 Å². The minimum Gasteiger partial charge on any atom is -0.388 e. The SMILES string of the molecule is Cc1ccc(F)cc1CC(O)c1ccc(Br)cc1Br. The minimum absolute atomic E-state index is 0.275. The van der Waals surface area contributed by atoms with Crippen LogP contribution in [-0.4, -0.2) is 5.11 Å². The third-order valence-corrected chi connectivity index (χ3v) is 4.23. The number of aliphatic hydroxyl groups excluding tert-OH is 1. The zero-order valence-corrected chi connectivity index (χ0v) is 13.5. The molecule has 0 bridgehead atoms. The molecule has 0 saturated carbocycles. The molecule has 0 radical (unpaired) electrons. The molecule has 0 aromatic heterocycles. The Hall–Kier alpha value is -0.710. The maximum atomic E-state index is 13.2. The van der Waals surface area contributed by atoms with Crippen LogP contribution in [0.15, 0.2) is 45.3 Å². The van der Waals surface area contributed by atoms with Crippen LogP contribution in [-0.2, 0) is 6.42 Å². The van der Waals surface area contributed by atoms with E-state index in [0.717, 1.165) is 25.6 Å². The summed E-state index contributed by atoms with van der Waals surface area (Å²) < 4.78 is 15.0. The highest BCUT2D eigenvalue weighted by molar-refractivity contribution is 9.11. The first kappa shape index (κ1) is 14.7. The average molecular weight is 388 g/mol. The standard InChI is InChI=1S/C15H13Br2FO/c1-9-2-4-12(18)6-10(9)7-15(19)13-5-3-11(16)8-14(13)17/h2-6,8,15,19H,7H2,1H3. The summed E-state index contributed by atoms with van der Waals surface area (Å²) in [5.41, 5.74) is 2.60. The molecule has 0 amide bonds. The lowest BCUT2D eigenvalue weighted by atomic mass is 9.98. The number of halogens is 3. The summed E-state index contributed by atoms with van der Waals surface area (Å²) in [6.45, 7) is 1.91. The molecule has 0 saturated heterocycles. The summed E-state index contributed by atoms with van der Waals surface area (Å²) in [7, 11) is 0. The van der Waals surface area contributed by atoms with Crippen LogP contribution in [0.4, 0.5) is 4.39 Å². The minimum atomic E-state index is -0.664. The van der Waals surface area contributed by atoms with Crippen molar-refractivity contribution < 1.29 is 9.50 Å². The number of hydrogen-bond acceptors (Lipinski definition) is 1. The average Bonchev–Trinajstić information content (AvgIpc) is 2.33. The van der Waals surface area contributed by atoms with Crippen LogP contribution in [0.1, 0.15) is 22.8 Å². The van der Waals surface area contributed by atoms with Crippen LogP contribution >= 0.6 is 31.9 Å². The van der Waals surface area contributed by atoms with E-state index in [2.05, 4.69) is 31.9 Å². The molecule has 1 nitrogen and oxygen atoms in total. The molecule has 2 rings (SSSR count). The van der Waals surface area contributed by atoms with Crippen LogP contribution in [0, 0.1) is 12.7 Å². The Kier molecular flexibility index (Phi) is 4.76. The largest absolute Gasteiger partial charge is 0.388 e. The highest BCUT2D eigenvalue weighted by Gasteiger charge is 2.14. The van der Waals surface area contributed by atoms with E-state index in [1.54, 1.807) is 6.07 Å². The van der Waals surface area contributed by atoms with E-state index in [1.807, 2.05) is 25.1 Å². The summed E-state index contributed by atoms with van der Waals surface area (Å²) >= 11 is 6.80. The van der Waals surface area contributed by atoms with Gasteiger partial charge in [0, 0.05) is 15.4 Å². The van der Waals surface area contributed by atoms with E-state index >= 15 is 0 Å². The van der Waals surface area contributed by atoms with Gasteiger partial charge in [-0.25, -0.2) is 4.39 Å². The first-order valence-electron chi connectivity index (χ1n) is 5.85. The Balaban J connectivity index is 2.25. The molecular weight excluding hydrogens is 375 g/mol. The normalized spacial score (nSPS) is 12.5. The van der Waals surface area contributed by atoms with Crippen LogP contribution in [0.2, 0.25) is 0 Å². The van der Waals surface area contributed by atoms with Crippen LogP contribution in [0.3, 0.4) is 0 Å². The fraction of sp³-hybridized carbons (Fsp3) is 0.200. The molecule has 0 spiro atoms. The fourth-order valence-electron chi connectivity index (χ4n) is 1.95. The zero-order valence-electron chi connectivity index (χ0n) is 10.3. The molecule has 100 valence electrons. The molecule has 4 heteroatoms. The van der Waals surface area contributed by atoms with Crippen molar-refractivity contribution in [3.05, 3.63) is 67.9 Å². The molecular formula is C15H13Br2FO. The fourth-order valence-corrected chi connectivity index (χ4v) is 3.26. The van der Waals surface area contributed by atoms with Gasteiger partial charge >= 0.3 is 0 Å². The predicted molar refractivity (Wildman–Crippen MR) is 81.6 cm³/mol. The number of hydrogen-bond donors (Lipinski definition) is 1. The molecule has 0 fully saturated rings. The van der Waals surface area contributed by atoms with Crippen molar-refractivity contribution in [1.29, 1.82) is 0 Å². The second kappa shape index (κ2) is 6.16. The van der Waals surface area contributed by atoms with Gasteiger partial charge in [0.1, 0.15) is 5.82 Å². The van der Waals surface area contributed by atoms with Gasteiger partial charge in [-0.15, -0.1) is 0 Å². The third kappa shape index (κ3) is 3.65. The summed E-state index contributed by atoms with van der Waals surface area (Å²) in [4.78, 5) is 0. The van der Waals surface area contributed by atoms with Gasteiger partial charge in [0.25, 0.3) is 0 Å². The molecule has 1 unspecified atom stereocenters. The molecule has 1 N–H and O–H groups in total. The second-order valence-corrected chi connectivity index (χ2v) is 6.23. The van der Waals surface area contributed by atoms with Crippen molar-refractivity contribution in [3.63, 3.8) is 0 Å². The highest BCUT2D eigenvalue weighted by atomic mass is 79.9. The first-order chi connectivity index (χ1) is 8.97. The quantitative estimate of drug-likeness (QED) is 0.791. The Morgan fingerprint density at radius 2 is 1.89 bits per heavy atom. The summed E-state index contributed by atoms with van der Waals surface area (Å²) in [6.07, 6.45) is -0.271. The van der Waals surface area contributed by atoms with Gasteiger partial charge < -0.3 is 5.11 Å². The molecule has 2 aromatic rings. The summed E-state index contributed by atoms with van der Waals surface area (Å²) in [5.74, 6) is -0.275. The molecule has 1 atom stereocenters. The first-order valence-corrected chi connectivity index (χ1v) is 7.44. The molecule has 0 aliphatic heterocycles. The smallest absolute Gasteiger partial charge is 0.123 e. The number of rotatable bonds is 3. The number of aliphatic hydroxyl groups is 1. The summed E-state index contributed by atoms with van der Waals surface area (Å²) in [6, 6.07) is 10.3. The lowest BCUT2D eigenvalue weighted by Gasteiger charge is -2.15. The van der Waals surface area contributed by atoms with Crippen LogP contribution in [0.5, 0.6) is 0 Å². The zero-order chi connectivity index (χ0) is 14.0. The Morgan fingerprint density at radius 3 is 2.58 bits per heavy atom. The van der Waals surface area contributed by atoms with Gasteiger partial charge in [-0.1, -0.05) is 44.0 Å². The van der Waals surface area contributed by atoms with Gasteiger partial charge in [0.05, 0.1) is 6.10 Å². The van der Waals surface area contributed by atoms with Crippen molar-refractivity contribution in [3.8, 4) is 0 Å². The van der Waals surface area contributed by atoms with E-state index in [9.17, 15) is 9.50 Å². The lowest BCUT2D eigenvalue weighted by molar-refractivity contribution is 0.177. The third-order valence-electron chi connectivity index (χ3n) is 3.05. The van der Waals surface area contributed by atoms with Crippen molar-refractivity contribution in [2.45, 2.75) is 19.4 Å². The number of benzene rings is 2. The van der Waals surface area contributed by atoms with E-state index in [0.29, 0.717) is 6.42 Å². The summed E-state index contributed by atoms with van der Waals surface area (Å²) in [5, 5.41) is 10.3. The Morgan fingerprint density at radius 1 is 1.16 bits per heavy atom. The van der Waals surface area contributed by atoms with E-state index in [4.69, 9.17) is 0 Å². The molecule has 19 heavy (non-hydrogen) atoms. The van der Waals surface area contributed by atoms with Gasteiger partial charge in [-0.05, 0) is 47.9 Å². The molecule has 2 aromatic carbocycles. The Bertz CT molecular complexity index is 599. The predicted octanol–water partition coefficient (Wildman–Crippen LogP) is 4.94. The van der Waals surface area contributed by atoms with Crippen molar-refractivity contribution in [2.24, 2.45) is 0 Å². The van der Waals surface area contributed by atoms with E-state index in [-0.39, 0.29) is 5.82 Å². The van der Waals surface area contributed by atoms with Gasteiger partial charge in [0.2, 0.25) is 0 Å².